The molecular weight excluding hydrogens is 246 g/mol. The average Bonchev–Trinajstić information content (AvgIpc) is 2.83. The number of rotatable bonds is 5. The lowest BCUT2D eigenvalue weighted by Crippen LogP contribution is -2.02. The fraction of sp³-hybridized carbons (Fsp3) is 0.417. The Hall–Kier alpha value is -1.69. The predicted molar refractivity (Wildman–Crippen MR) is 75.4 cm³/mol. The molecule has 2 N–H and O–H groups in total. The number of nitrogens with zero attached hydrogens (tertiary/aromatic N) is 3. The van der Waals surface area contributed by atoms with E-state index in [1.165, 1.54) is 4.88 Å². The lowest BCUT2D eigenvalue weighted by atomic mass is 10.2. The fourth-order valence-electron chi connectivity index (χ4n) is 1.64. The Morgan fingerprint density at radius 2 is 2.00 bits per heavy atom. The van der Waals surface area contributed by atoms with Crippen molar-refractivity contribution in [1.29, 1.82) is 0 Å². The highest BCUT2D eigenvalue weighted by Crippen LogP contribution is 2.18. The molecule has 96 valence electrons. The van der Waals surface area contributed by atoms with Crippen molar-refractivity contribution in [2.24, 2.45) is 0 Å². The molecule has 0 amide bonds. The second-order valence-corrected chi connectivity index (χ2v) is 5.06. The first-order valence-electron chi connectivity index (χ1n) is 5.86. The van der Waals surface area contributed by atoms with Crippen molar-refractivity contribution in [3.63, 3.8) is 0 Å². The van der Waals surface area contributed by atoms with Gasteiger partial charge in [0.15, 0.2) is 5.13 Å². The minimum Gasteiger partial charge on any atom is -0.373 e. The quantitative estimate of drug-likeness (QED) is 0.865. The number of thiazole rings is 1. The van der Waals surface area contributed by atoms with Crippen molar-refractivity contribution in [2.45, 2.75) is 19.8 Å². The second kappa shape index (κ2) is 5.77. The summed E-state index contributed by atoms with van der Waals surface area (Å²) in [6, 6.07) is 1.94. The Bertz CT molecular complexity index is 523. The minimum atomic E-state index is 0.835. The summed E-state index contributed by atoms with van der Waals surface area (Å²) in [4.78, 5) is 14.4. The van der Waals surface area contributed by atoms with Gasteiger partial charge in [0.1, 0.15) is 11.6 Å². The lowest BCUT2D eigenvalue weighted by Gasteiger charge is -2.04. The molecule has 2 aromatic heterocycles. The van der Waals surface area contributed by atoms with Crippen LogP contribution >= 0.6 is 11.3 Å². The third kappa shape index (κ3) is 3.16. The molecule has 2 heterocycles. The molecule has 5 nitrogen and oxygen atoms in total. The van der Waals surface area contributed by atoms with E-state index in [1.54, 1.807) is 11.3 Å². The van der Waals surface area contributed by atoms with Gasteiger partial charge in [0.05, 0.1) is 0 Å². The molecule has 0 saturated heterocycles. The standard InChI is InChI=1S/C12H17N5S/c1-8-6-11(13-2)17-10(16-8)5-4-9-7-15-12(14-3)18-9/h6-7H,4-5H2,1-3H3,(H,14,15)(H,13,16,17). The molecule has 0 aromatic carbocycles. The number of hydrogen-bond acceptors (Lipinski definition) is 6. The molecule has 0 aliphatic carbocycles. The third-order valence-electron chi connectivity index (χ3n) is 2.52. The molecule has 0 saturated carbocycles. The smallest absolute Gasteiger partial charge is 0.182 e. The second-order valence-electron chi connectivity index (χ2n) is 3.94. The zero-order valence-electron chi connectivity index (χ0n) is 10.8. The first-order chi connectivity index (χ1) is 8.71. The molecule has 0 fully saturated rings. The first kappa shape index (κ1) is 12.8. The van der Waals surface area contributed by atoms with Gasteiger partial charge >= 0.3 is 0 Å². The van der Waals surface area contributed by atoms with Gasteiger partial charge in [0, 0.05) is 43.4 Å². The molecule has 18 heavy (non-hydrogen) atoms. The zero-order chi connectivity index (χ0) is 13.0. The lowest BCUT2D eigenvalue weighted by molar-refractivity contribution is 0.855. The van der Waals surface area contributed by atoms with Gasteiger partial charge < -0.3 is 10.6 Å². The van der Waals surface area contributed by atoms with E-state index in [0.717, 1.165) is 35.3 Å². The van der Waals surface area contributed by atoms with E-state index in [9.17, 15) is 0 Å². The topological polar surface area (TPSA) is 62.7 Å². The summed E-state index contributed by atoms with van der Waals surface area (Å²) in [6.07, 6.45) is 3.67. The van der Waals surface area contributed by atoms with Crippen molar-refractivity contribution < 1.29 is 0 Å². The molecular formula is C12H17N5S. The highest BCUT2D eigenvalue weighted by Gasteiger charge is 2.04. The fourth-order valence-corrected chi connectivity index (χ4v) is 2.41. The number of anilines is 2. The Balaban J connectivity index is 2.03. The summed E-state index contributed by atoms with van der Waals surface area (Å²) >= 11 is 1.67. The van der Waals surface area contributed by atoms with E-state index in [0.29, 0.717) is 0 Å². The molecule has 0 unspecified atom stereocenters. The molecule has 6 heteroatoms. The molecule has 0 spiro atoms. The van der Waals surface area contributed by atoms with Crippen LogP contribution in [0, 0.1) is 6.92 Å². The van der Waals surface area contributed by atoms with Crippen molar-refractivity contribution >= 4 is 22.3 Å². The van der Waals surface area contributed by atoms with Gasteiger partial charge in [-0.2, -0.15) is 0 Å². The van der Waals surface area contributed by atoms with E-state index in [4.69, 9.17) is 0 Å². The molecule has 2 rings (SSSR count). The van der Waals surface area contributed by atoms with E-state index in [2.05, 4.69) is 25.6 Å². The maximum absolute atomic E-state index is 4.44. The Labute approximate surface area is 111 Å². The number of hydrogen-bond donors (Lipinski definition) is 2. The minimum absolute atomic E-state index is 0.835. The van der Waals surface area contributed by atoms with Crippen LogP contribution in [0.1, 0.15) is 16.4 Å². The highest BCUT2D eigenvalue weighted by molar-refractivity contribution is 7.15. The van der Waals surface area contributed by atoms with Crippen molar-refractivity contribution in [3.8, 4) is 0 Å². The van der Waals surface area contributed by atoms with Gasteiger partial charge in [-0.3, -0.25) is 0 Å². The molecule has 0 aliphatic heterocycles. The molecule has 2 aromatic rings. The van der Waals surface area contributed by atoms with Gasteiger partial charge in [0.25, 0.3) is 0 Å². The Morgan fingerprint density at radius 1 is 1.17 bits per heavy atom. The van der Waals surface area contributed by atoms with Gasteiger partial charge in [-0.1, -0.05) is 0 Å². The first-order valence-corrected chi connectivity index (χ1v) is 6.67. The van der Waals surface area contributed by atoms with Crippen LogP contribution in [-0.2, 0) is 12.8 Å². The van der Waals surface area contributed by atoms with E-state index in [-0.39, 0.29) is 0 Å². The summed E-state index contributed by atoms with van der Waals surface area (Å²) in [5.41, 5.74) is 0.990. The van der Waals surface area contributed by atoms with Crippen LogP contribution < -0.4 is 10.6 Å². The predicted octanol–water partition coefficient (Wildman–Crippen LogP) is 2.11. The SMILES string of the molecule is CNc1cc(C)nc(CCc2cnc(NC)s2)n1. The van der Waals surface area contributed by atoms with E-state index in [1.807, 2.05) is 33.3 Å². The van der Waals surface area contributed by atoms with E-state index >= 15 is 0 Å². The van der Waals surface area contributed by atoms with Gasteiger partial charge in [-0.15, -0.1) is 11.3 Å². The van der Waals surface area contributed by atoms with Crippen LogP contribution in [0.5, 0.6) is 0 Å². The molecule has 0 bridgehead atoms. The van der Waals surface area contributed by atoms with Crippen LogP contribution in [0.15, 0.2) is 12.3 Å². The highest BCUT2D eigenvalue weighted by atomic mass is 32.1. The third-order valence-corrected chi connectivity index (χ3v) is 3.59. The van der Waals surface area contributed by atoms with Crippen LogP contribution in [0.3, 0.4) is 0 Å². The molecule has 0 atom stereocenters. The van der Waals surface area contributed by atoms with Crippen LogP contribution in [0.4, 0.5) is 10.9 Å². The van der Waals surface area contributed by atoms with Crippen molar-refractivity contribution in [2.75, 3.05) is 24.7 Å². The largest absolute Gasteiger partial charge is 0.373 e. The van der Waals surface area contributed by atoms with Crippen LogP contribution in [-0.4, -0.2) is 29.0 Å². The van der Waals surface area contributed by atoms with Crippen molar-refractivity contribution in [3.05, 3.63) is 28.7 Å². The summed E-state index contributed by atoms with van der Waals surface area (Å²) in [5.74, 6) is 1.75. The summed E-state index contributed by atoms with van der Waals surface area (Å²) in [6.45, 7) is 1.98. The van der Waals surface area contributed by atoms with Gasteiger partial charge in [-0.05, 0) is 13.3 Å². The Morgan fingerprint density at radius 3 is 2.67 bits per heavy atom. The van der Waals surface area contributed by atoms with E-state index < -0.39 is 0 Å². The average molecular weight is 263 g/mol. The maximum Gasteiger partial charge on any atom is 0.182 e. The van der Waals surface area contributed by atoms with Crippen LogP contribution in [0.2, 0.25) is 0 Å². The molecule has 0 radical (unpaired) electrons. The summed E-state index contributed by atoms with van der Waals surface area (Å²) in [5, 5.41) is 7.04. The Kier molecular flexibility index (Phi) is 4.09. The van der Waals surface area contributed by atoms with Gasteiger partial charge in [0.2, 0.25) is 0 Å². The number of aromatic nitrogens is 3. The van der Waals surface area contributed by atoms with Gasteiger partial charge in [-0.25, -0.2) is 15.0 Å². The maximum atomic E-state index is 4.44. The summed E-state index contributed by atoms with van der Waals surface area (Å²) in [7, 11) is 3.75. The van der Waals surface area contributed by atoms with Crippen LogP contribution in [0.25, 0.3) is 0 Å². The monoisotopic (exact) mass is 263 g/mol. The number of aryl methyl sites for hydroxylation is 3. The summed E-state index contributed by atoms with van der Waals surface area (Å²) < 4.78 is 0. The zero-order valence-corrected chi connectivity index (χ0v) is 11.6. The number of nitrogens with one attached hydrogen (secondary N) is 2. The van der Waals surface area contributed by atoms with Crippen molar-refractivity contribution in [1.82, 2.24) is 15.0 Å². The normalized spacial score (nSPS) is 10.4. The molecule has 0 aliphatic rings.